The average Bonchev–Trinajstić information content (AvgIpc) is 3.33. The summed E-state index contributed by atoms with van der Waals surface area (Å²) < 4.78 is 5.20. The van der Waals surface area contributed by atoms with Crippen LogP contribution in [0.2, 0.25) is 0 Å². The third-order valence-electron chi connectivity index (χ3n) is 4.69. The van der Waals surface area contributed by atoms with Crippen LogP contribution in [0.15, 0.2) is 53.9 Å². The average molecular weight is 392 g/mol. The van der Waals surface area contributed by atoms with Gasteiger partial charge in [0.2, 0.25) is 0 Å². The molecule has 5 nitrogen and oxygen atoms in total. The molecule has 0 saturated carbocycles. The molecule has 0 spiro atoms. The van der Waals surface area contributed by atoms with Crippen molar-refractivity contribution in [3.05, 3.63) is 70.7 Å². The number of thiazole rings is 1. The highest BCUT2D eigenvalue weighted by atomic mass is 32.1. The van der Waals surface area contributed by atoms with Gasteiger partial charge < -0.3 is 9.64 Å². The molecule has 2 heterocycles. The van der Waals surface area contributed by atoms with Crippen molar-refractivity contribution in [1.82, 2.24) is 4.98 Å². The first-order valence-corrected chi connectivity index (χ1v) is 10.0. The predicted molar refractivity (Wildman–Crippen MR) is 109 cm³/mol. The Hall–Kier alpha value is -2.99. The molecule has 6 heteroatoms. The number of esters is 1. The third kappa shape index (κ3) is 3.97. The molecule has 0 bridgehead atoms. The molecule has 0 unspecified atom stereocenters. The number of amides is 1. The number of hydrogen-bond donors (Lipinski definition) is 0. The number of aromatic nitrogens is 1. The maximum absolute atomic E-state index is 12.4. The molecule has 4 rings (SSSR count). The van der Waals surface area contributed by atoms with Gasteiger partial charge in [-0.3, -0.25) is 9.59 Å². The Morgan fingerprint density at radius 3 is 2.89 bits per heavy atom. The second kappa shape index (κ2) is 7.94. The second-order valence-corrected chi connectivity index (χ2v) is 7.63. The maximum Gasteiger partial charge on any atom is 0.312 e. The van der Waals surface area contributed by atoms with Gasteiger partial charge in [0.05, 0.1) is 12.1 Å². The van der Waals surface area contributed by atoms with Crippen molar-refractivity contribution in [1.29, 1.82) is 0 Å². The van der Waals surface area contributed by atoms with Gasteiger partial charge >= 0.3 is 5.97 Å². The van der Waals surface area contributed by atoms with E-state index in [1.807, 2.05) is 54.8 Å². The Kier molecular flexibility index (Phi) is 5.21. The number of fused-ring (bicyclic) bond motifs is 1. The number of anilines is 1. The van der Waals surface area contributed by atoms with Crippen molar-refractivity contribution in [3.63, 3.8) is 0 Å². The zero-order valence-electron chi connectivity index (χ0n) is 15.6. The Bertz CT molecular complexity index is 1030. The van der Waals surface area contributed by atoms with E-state index in [0.29, 0.717) is 12.2 Å². The molecule has 28 heavy (non-hydrogen) atoms. The lowest BCUT2D eigenvalue weighted by molar-refractivity contribution is -0.147. The Morgan fingerprint density at radius 1 is 1.18 bits per heavy atom. The summed E-state index contributed by atoms with van der Waals surface area (Å²) >= 11 is 1.50. The van der Waals surface area contributed by atoms with Crippen LogP contribution in [-0.4, -0.2) is 30.0 Å². The quantitative estimate of drug-likeness (QED) is 0.620. The standard InChI is InChI=1S/C22H20N2O3S/c1-15-5-4-7-17(11-15)22-23-18(14-28-22)12-21(26)27-13-20(25)24-10-9-16-6-2-3-8-19(16)24/h2-8,11,14H,9-10,12-13H2,1H3. The summed E-state index contributed by atoms with van der Waals surface area (Å²) in [5, 5.41) is 2.73. The second-order valence-electron chi connectivity index (χ2n) is 6.78. The van der Waals surface area contributed by atoms with Crippen LogP contribution in [0.3, 0.4) is 0 Å². The number of ether oxygens (including phenoxy) is 1. The van der Waals surface area contributed by atoms with Gasteiger partial charge in [-0.05, 0) is 31.0 Å². The highest BCUT2D eigenvalue weighted by molar-refractivity contribution is 7.13. The molecule has 0 saturated heterocycles. The van der Waals surface area contributed by atoms with E-state index in [9.17, 15) is 9.59 Å². The predicted octanol–water partition coefficient (Wildman–Crippen LogP) is 3.79. The molecule has 142 valence electrons. The van der Waals surface area contributed by atoms with Crippen molar-refractivity contribution in [2.75, 3.05) is 18.1 Å². The molecule has 0 radical (unpaired) electrons. The number of para-hydroxylation sites is 1. The first-order valence-electron chi connectivity index (χ1n) is 9.15. The molecule has 2 aromatic carbocycles. The largest absolute Gasteiger partial charge is 0.455 e. The Morgan fingerprint density at radius 2 is 2.04 bits per heavy atom. The third-order valence-corrected chi connectivity index (χ3v) is 5.63. The van der Waals surface area contributed by atoms with Crippen molar-refractivity contribution in [2.45, 2.75) is 19.8 Å². The topological polar surface area (TPSA) is 59.5 Å². The van der Waals surface area contributed by atoms with Gasteiger partial charge in [-0.25, -0.2) is 4.98 Å². The fourth-order valence-corrected chi connectivity index (χ4v) is 4.13. The van der Waals surface area contributed by atoms with Crippen LogP contribution in [-0.2, 0) is 27.2 Å². The lowest BCUT2D eigenvalue weighted by atomic mass is 10.1. The van der Waals surface area contributed by atoms with Gasteiger partial charge in [-0.1, -0.05) is 42.0 Å². The number of carbonyl (C=O) groups is 2. The summed E-state index contributed by atoms with van der Waals surface area (Å²) in [5.41, 5.74) is 4.91. The zero-order chi connectivity index (χ0) is 19.5. The minimum atomic E-state index is -0.443. The van der Waals surface area contributed by atoms with E-state index in [0.717, 1.165) is 33.8 Å². The van der Waals surface area contributed by atoms with Gasteiger partial charge in [-0.2, -0.15) is 0 Å². The molecule has 0 atom stereocenters. The Labute approximate surface area is 167 Å². The highest BCUT2D eigenvalue weighted by Crippen LogP contribution is 2.27. The number of benzene rings is 2. The molecule has 0 aliphatic carbocycles. The van der Waals surface area contributed by atoms with E-state index in [1.54, 1.807) is 4.90 Å². The fraction of sp³-hybridized carbons (Fsp3) is 0.227. The molecule has 0 fully saturated rings. The van der Waals surface area contributed by atoms with Crippen molar-refractivity contribution in [2.24, 2.45) is 0 Å². The molecular weight excluding hydrogens is 372 g/mol. The van der Waals surface area contributed by atoms with E-state index in [-0.39, 0.29) is 18.9 Å². The van der Waals surface area contributed by atoms with Crippen molar-refractivity contribution < 1.29 is 14.3 Å². The van der Waals surface area contributed by atoms with E-state index in [2.05, 4.69) is 11.1 Å². The summed E-state index contributed by atoms with van der Waals surface area (Å²) in [4.78, 5) is 30.8. The van der Waals surface area contributed by atoms with Crippen molar-refractivity contribution in [3.8, 4) is 10.6 Å². The first kappa shape index (κ1) is 18.4. The van der Waals surface area contributed by atoms with Crippen LogP contribution in [0.1, 0.15) is 16.8 Å². The van der Waals surface area contributed by atoms with Gasteiger partial charge in [-0.15, -0.1) is 11.3 Å². The minimum absolute atomic E-state index is 0.0617. The Balaban J connectivity index is 1.32. The van der Waals surface area contributed by atoms with Gasteiger partial charge in [0.15, 0.2) is 6.61 Å². The number of carbonyl (C=O) groups excluding carboxylic acids is 2. The molecule has 0 N–H and O–H groups in total. The number of rotatable bonds is 5. The zero-order valence-corrected chi connectivity index (χ0v) is 16.4. The maximum atomic E-state index is 12.4. The summed E-state index contributed by atoms with van der Waals surface area (Å²) in [5.74, 6) is -0.640. The number of hydrogen-bond acceptors (Lipinski definition) is 5. The van der Waals surface area contributed by atoms with E-state index >= 15 is 0 Å². The first-order chi connectivity index (χ1) is 13.6. The van der Waals surface area contributed by atoms with Crippen LogP contribution in [0.4, 0.5) is 5.69 Å². The normalized spacial score (nSPS) is 12.7. The number of nitrogens with zero attached hydrogens (tertiary/aromatic N) is 2. The molecular formula is C22H20N2O3S. The fourth-order valence-electron chi connectivity index (χ4n) is 3.32. The van der Waals surface area contributed by atoms with Crippen LogP contribution in [0.5, 0.6) is 0 Å². The monoisotopic (exact) mass is 392 g/mol. The lowest BCUT2D eigenvalue weighted by Gasteiger charge is -2.17. The summed E-state index contributed by atoms with van der Waals surface area (Å²) in [6.45, 7) is 2.41. The number of aryl methyl sites for hydroxylation is 1. The molecule has 3 aromatic rings. The van der Waals surface area contributed by atoms with Gasteiger partial charge in [0, 0.05) is 23.2 Å². The van der Waals surface area contributed by atoms with Crippen LogP contribution >= 0.6 is 11.3 Å². The van der Waals surface area contributed by atoms with Crippen LogP contribution in [0.25, 0.3) is 10.6 Å². The molecule has 1 aliphatic rings. The molecule has 1 amide bonds. The van der Waals surface area contributed by atoms with E-state index in [4.69, 9.17) is 4.74 Å². The molecule has 1 aromatic heterocycles. The highest BCUT2D eigenvalue weighted by Gasteiger charge is 2.25. The summed E-state index contributed by atoms with van der Waals surface area (Å²) in [6, 6.07) is 15.9. The van der Waals surface area contributed by atoms with Crippen molar-refractivity contribution >= 4 is 28.9 Å². The van der Waals surface area contributed by atoms with E-state index < -0.39 is 5.97 Å². The van der Waals surface area contributed by atoms with Crippen LogP contribution < -0.4 is 4.90 Å². The summed E-state index contributed by atoms with van der Waals surface area (Å²) in [7, 11) is 0. The van der Waals surface area contributed by atoms with Crippen LogP contribution in [0, 0.1) is 6.92 Å². The van der Waals surface area contributed by atoms with Gasteiger partial charge in [0.1, 0.15) is 5.01 Å². The minimum Gasteiger partial charge on any atom is -0.455 e. The SMILES string of the molecule is Cc1cccc(-c2nc(CC(=O)OCC(=O)N3CCc4ccccc43)cs2)c1. The smallest absolute Gasteiger partial charge is 0.312 e. The molecule has 1 aliphatic heterocycles. The lowest BCUT2D eigenvalue weighted by Crippen LogP contribution is -2.33. The summed E-state index contributed by atoms with van der Waals surface area (Å²) in [6.07, 6.45) is 0.891. The van der Waals surface area contributed by atoms with E-state index in [1.165, 1.54) is 11.3 Å². The van der Waals surface area contributed by atoms with Gasteiger partial charge in [0.25, 0.3) is 5.91 Å².